The van der Waals surface area contributed by atoms with Crippen molar-refractivity contribution in [1.29, 1.82) is 0 Å². The molecule has 92 valence electrons. The van der Waals surface area contributed by atoms with E-state index in [1.165, 1.54) is 14.1 Å². The van der Waals surface area contributed by atoms with Crippen molar-refractivity contribution in [2.24, 2.45) is 7.05 Å². The van der Waals surface area contributed by atoms with Gasteiger partial charge in [-0.2, -0.15) is 5.10 Å². The van der Waals surface area contributed by atoms with Gasteiger partial charge in [0.2, 0.25) is 11.4 Å². The molecule has 0 spiro atoms. The summed E-state index contributed by atoms with van der Waals surface area (Å²) in [6.07, 6.45) is 0. The molecule has 0 radical (unpaired) electrons. The molecule has 17 heavy (non-hydrogen) atoms. The van der Waals surface area contributed by atoms with E-state index in [-0.39, 0.29) is 5.69 Å². The molecule has 1 N–H and O–H groups in total. The molecule has 1 aromatic heterocycles. The molecule has 0 saturated carbocycles. The van der Waals surface area contributed by atoms with Crippen LogP contribution in [0.25, 0.3) is 0 Å². The van der Waals surface area contributed by atoms with Gasteiger partial charge in [0, 0.05) is 14.1 Å². The minimum absolute atomic E-state index is 0.307. The second kappa shape index (κ2) is 4.60. The number of hydrogen-bond donors (Lipinski definition) is 1. The summed E-state index contributed by atoms with van der Waals surface area (Å²) in [5.74, 6) is -1.68. The molecular weight excluding hydrogens is 232 g/mol. The fraction of sp³-hybridized carbons (Fsp3) is 0.375. The lowest BCUT2D eigenvalue weighted by Crippen LogP contribution is -2.22. The van der Waals surface area contributed by atoms with Crippen LogP contribution in [-0.4, -0.2) is 40.7 Å². The first-order valence-corrected chi connectivity index (χ1v) is 4.45. The van der Waals surface area contributed by atoms with Gasteiger partial charge in [0.1, 0.15) is 0 Å². The molecule has 1 amide bonds. The van der Waals surface area contributed by atoms with Gasteiger partial charge in [0.05, 0.1) is 12.0 Å². The van der Waals surface area contributed by atoms with Gasteiger partial charge in [-0.3, -0.25) is 19.6 Å². The van der Waals surface area contributed by atoms with E-state index >= 15 is 0 Å². The third kappa shape index (κ3) is 2.07. The smallest absolute Gasteiger partial charge is 0.365 e. The molecule has 0 aromatic carbocycles. The standard InChI is InChI=1S/C8H10N4O5/c1-9-7(13)6-5(12(15)16)4(8(14)17-3)10-11(6)2/h1-3H3,(H,9,13). The van der Waals surface area contributed by atoms with Crippen LogP contribution in [0.2, 0.25) is 0 Å². The number of hydrogen-bond acceptors (Lipinski definition) is 6. The summed E-state index contributed by atoms with van der Waals surface area (Å²) in [5.41, 5.74) is -1.48. The average molecular weight is 242 g/mol. The number of nitrogens with zero attached hydrogens (tertiary/aromatic N) is 3. The first kappa shape index (κ1) is 12.6. The van der Waals surface area contributed by atoms with E-state index in [0.717, 1.165) is 11.8 Å². The predicted octanol–water partition coefficient (Wildman–Crippen LogP) is -0.526. The molecule has 0 aliphatic heterocycles. The summed E-state index contributed by atoms with van der Waals surface area (Å²) in [5, 5.41) is 16.7. The fourth-order valence-electron chi connectivity index (χ4n) is 1.29. The molecule has 0 saturated heterocycles. The highest BCUT2D eigenvalue weighted by atomic mass is 16.6. The van der Waals surface area contributed by atoms with Crippen LogP contribution < -0.4 is 5.32 Å². The van der Waals surface area contributed by atoms with Gasteiger partial charge >= 0.3 is 11.7 Å². The van der Waals surface area contributed by atoms with Crippen LogP contribution in [-0.2, 0) is 11.8 Å². The van der Waals surface area contributed by atoms with Crippen LogP contribution >= 0.6 is 0 Å². The number of amides is 1. The molecule has 1 heterocycles. The average Bonchev–Trinajstić information content (AvgIpc) is 2.64. The van der Waals surface area contributed by atoms with Gasteiger partial charge in [-0.05, 0) is 0 Å². The summed E-state index contributed by atoms with van der Waals surface area (Å²) in [6, 6.07) is 0. The Labute approximate surface area is 95.5 Å². The number of carbonyl (C=O) groups excluding carboxylic acids is 2. The minimum Gasteiger partial charge on any atom is -0.464 e. The van der Waals surface area contributed by atoms with E-state index in [0.29, 0.717) is 0 Å². The Kier molecular flexibility index (Phi) is 3.41. The first-order chi connectivity index (χ1) is 7.93. The Morgan fingerprint density at radius 3 is 2.53 bits per heavy atom. The van der Waals surface area contributed by atoms with Gasteiger partial charge < -0.3 is 10.1 Å². The number of ether oxygens (including phenoxy) is 1. The summed E-state index contributed by atoms with van der Waals surface area (Å²) in [7, 11) is 3.71. The Balaban J connectivity index is 3.50. The molecule has 9 nitrogen and oxygen atoms in total. The lowest BCUT2D eigenvalue weighted by Gasteiger charge is -1.98. The van der Waals surface area contributed by atoms with Crippen molar-refractivity contribution in [3.63, 3.8) is 0 Å². The number of nitro groups is 1. The van der Waals surface area contributed by atoms with Crippen molar-refractivity contribution in [2.45, 2.75) is 0 Å². The van der Waals surface area contributed by atoms with Crippen molar-refractivity contribution >= 4 is 17.6 Å². The van der Waals surface area contributed by atoms with Crippen LogP contribution in [0.3, 0.4) is 0 Å². The fourth-order valence-corrected chi connectivity index (χ4v) is 1.29. The van der Waals surface area contributed by atoms with E-state index in [1.54, 1.807) is 0 Å². The summed E-state index contributed by atoms with van der Waals surface area (Å²) < 4.78 is 5.32. The molecule has 0 atom stereocenters. The maximum atomic E-state index is 11.5. The SMILES string of the molecule is CNC(=O)c1c([N+](=O)[O-])c(C(=O)OC)nn1C. The molecule has 1 rings (SSSR count). The highest BCUT2D eigenvalue weighted by Crippen LogP contribution is 2.23. The lowest BCUT2D eigenvalue weighted by atomic mass is 10.2. The zero-order chi connectivity index (χ0) is 13.2. The molecule has 0 aliphatic rings. The molecule has 0 fully saturated rings. The normalized spacial score (nSPS) is 9.82. The van der Waals surface area contributed by atoms with Gasteiger partial charge in [-0.15, -0.1) is 0 Å². The van der Waals surface area contributed by atoms with E-state index < -0.39 is 28.2 Å². The van der Waals surface area contributed by atoms with Gasteiger partial charge in [-0.25, -0.2) is 4.79 Å². The third-order valence-corrected chi connectivity index (χ3v) is 2.03. The maximum absolute atomic E-state index is 11.5. The van der Waals surface area contributed by atoms with Gasteiger partial charge in [0.25, 0.3) is 5.91 Å². The summed E-state index contributed by atoms with van der Waals surface area (Å²) in [4.78, 5) is 32.8. The summed E-state index contributed by atoms with van der Waals surface area (Å²) in [6.45, 7) is 0. The first-order valence-electron chi connectivity index (χ1n) is 4.45. The van der Waals surface area contributed by atoms with Crippen molar-refractivity contribution in [3.05, 3.63) is 21.5 Å². The number of rotatable bonds is 3. The molecule has 0 bridgehead atoms. The van der Waals surface area contributed by atoms with Crippen molar-refractivity contribution in [1.82, 2.24) is 15.1 Å². The van der Waals surface area contributed by atoms with E-state index in [9.17, 15) is 19.7 Å². The monoisotopic (exact) mass is 242 g/mol. The second-order valence-electron chi connectivity index (χ2n) is 3.00. The Morgan fingerprint density at radius 1 is 1.53 bits per heavy atom. The van der Waals surface area contributed by atoms with Crippen molar-refractivity contribution < 1.29 is 19.2 Å². The number of carbonyl (C=O) groups is 2. The zero-order valence-corrected chi connectivity index (χ0v) is 9.38. The van der Waals surface area contributed by atoms with Crippen LogP contribution in [0, 0.1) is 10.1 Å². The number of aryl methyl sites for hydroxylation is 1. The highest BCUT2D eigenvalue weighted by Gasteiger charge is 2.34. The Hall–Kier alpha value is -2.45. The number of methoxy groups -OCH3 is 1. The van der Waals surface area contributed by atoms with Crippen molar-refractivity contribution in [3.8, 4) is 0 Å². The Bertz CT molecular complexity index is 492. The zero-order valence-electron chi connectivity index (χ0n) is 9.38. The quantitative estimate of drug-likeness (QED) is 0.432. The van der Waals surface area contributed by atoms with Crippen LogP contribution in [0.1, 0.15) is 21.0 Å². The lowest BCUT2D eigenvalue weighted by molar-refractivity contribution is -0.385. The van der Waals surface area contributed by atoms with Crippen LogP contribution in [0.5, 0.6) is 0 Å². The van der Waals surface area contributed by atoms with E-state index in [4.69, 9.17) is 0 Å². The minimum atomic E-state index is -0.970. The largest absolute Gasteiger partial charge is 0.464 e. The maximum Gasteiger partial charge on any atom is 0.365 e. The number of nitrogens with one attached hydrogen (secondary N) is 1. The van der Waals surface area contributed by atoms with E-state index in [1.807, 2.05) is 0 Å². The number of esters is 1. The third-order valence-electron chi connectivity index (χ3n) is 2.03. The van der Waals surface area contributed by atoms with Crippen molar-refractivity contribution in [2.75, 3.05) is 14.2 Å². The Morgan fingerprint density at radius 2 is 2.12 bits per heavy atom. The molecule has 0 aliphatic carbocycles. The second-order valence-corrected chi connectivity index (χ2v) is 3.00. The van der Waals surface area contributed by atoms with Crippen LogP contribution in [0.4, 0.5) is 5.69 Å². The summed E-state index contributed by atoms with van der Waals surface area (Å²) >= 11 is 0. The van der Waals surface area contributed by atoms with Gasteiger partial charge in [0.15, 0.2) is 0 Å². The van der Waals surface area contributed by atoms with Gasteiger partial charge in [-0.1, -0.05) is 0 Å². The molecular formula is C8H10N4O5. The molecule has 0 unspecified atom stereocenters. The number of aromatic nitrogens is 2. The predicted molar refractivity (Wildman–Crippen MR) is 54.6 cm³/mol. The van der Waals surface area contributed by atoms with E-state index in [2.05, 4.69) is 15.2 Å². The van der Waals surface area contributed by atoms with Crippen LogP contribution in [0.15, 0.2) is 0 Å². The molecule has 1 aromatic rings. The molecule has 9 heteroatoms. The highest BCUT2D eigenvalue weighted by molar-refractivity contribution is 6.02. The topological polar surface area (TPSA) is 116 Å².